The first-order valence-electron chi connectivity index (χ1n) is 7.89. The third kappa shape index (κ3) is 11.7. The number of hydrogen-bond donors (Lipinski definition) is 3. The van der Waals surface area contributed by atoms with Gasteiger partial charge < -0.3 is 20.9 Å². The number of thiocarbonyl (C=S) groups is 2. The zero-order valence-corrected chi connectivity index (χ0v) is 15.8. The fourth-order valence-corrected chi connectivity index (χ4v) is 2.32. The molecule has 0 unspecified atom stereocenters. The van der Waals surface area contributed by atoms with Gasteiger partial charge in [0.25, 0.3) is 0 Å². The lowest BCUT2D eigenvalue weighted by atomic mass is 10.2. The lowest BCUT2D eigenvalue weighted by Gasteiger charge is -2.24. The molecular formula is C15H32N4S2. The van der Waals surface area contributed by atoms with Crippen LogP contribution in [0, 0.1) is 0 Å². The van der Waals surface area contributed by atoms with Gasteiger partial charge in [0.15, 0.2) is 10.2 Å². The van der Waals surface area contributed by atoms with Gasteiger partial charge in [-0.25, -0.2) is 0 Å². The molecule has 6 heteroatoms. The standard InChI is InChI=1S/C15H32N4S2/c1-12(2)18-14(20)16-10-8-6-7-9-11-17-15(21)19(5)13(3)4/h12-13H,6-11H2,1-5H3,(H,17,21)(H2,16,18,20). The summed E-state index contributed by atoms with van der Waals surface area (Å²) in [6, 6.07) is 0.836. The summed E-state index contributed by atoms with van der Waals surface area (Å²) in [5.41, 5.74) is 0. The second-order valence-electron chi connectivity index (χ2n) is 5.91. The van der Waals surface area contributed by atoms with Crippen molar-refractivity contribution in [2.24, 2.45) is 0 Å². The molecule has 0 atom stereocenters. The molecule has 0 aromatic heterocycles. The van der Waals surface area contributed by atoms with Gasteiger partial charge in [-0.15, -0.1) is 0 Å². The highest BCUT2D eigenvalue weighted by atomic mass is 32.1. The summed E-state index contributed by atoms with van der Waals surface area (Å²) in [6.07, 6.45) is 4.73. The van der Waals surface area contributed by atoms with E-state index in [4.69, 9.17) is 24.4 Å². The van der Waals surface area contributed by atoms with Gasteiger partial charge in [0, 0.05) is 32.2 Å². The summed E-state index contributed by atoms with van der Waals surface area (Å²) < 4.78 is 0. The smallest absolute Gasteiger partial charge is 0.168 e. The van der Waals surface area contributed by atoms with Crippen molar-refractivity contribution in [1.29, 1.82) is 0 Å². The van der Waals surface area contributed by atoms with Crippen molar-refractivity contribution in [3.05, 3.63) is 0 Å². The summed E-state index contributed by atoms with van der Waals surface area (Å²) in [7, 11) is 2.03. The topological polar surface area (TPSA) is 39.3 Å². The molecule has 0 aliphatic heterocycles. The molecule has 0 saturated heterocycles. The molecule has 0 rings (SSSR count). The van der Waals surface area contributed by atoms with Gasteiger partial charge in [0.05, 0.1) is 0 Å². The molecular weight excluding hydrogens is 300 g/mol. The minimum atomic E-state index is 0.392. The summed E-state index contributed by atoms with van der Waals surface area (Å²) >= 11 is 10.5. The molecule has 0 spiro atoms. The number of nitrogens with one attached hydrogen (secondary N) is 3. The highest BCUT2D eigenvalue weighted by Crippen LogP contribution is 1.99. The van der Waals surface area contributed by atoms with E-state index < -0.39 is 0 Å². The van der Waals surface area contributed by atoms with Crippen LogP contribution in [0.4, 0.5) is 0 Å². The van der Waals surface area contributed by atoms with E-state index in [1.54, 1.807) is 0 Å². The largest absolute Gasteiger partial charge is 0.363 e. The van der Waals surface area contributed by atoms with E-state index >= 15 is 0 Å². The van der Waals surface area contributed by atoms with Crippen LogP contribution in [0.15, 0.2) is 0 Å². The molecule has 124 valence electrons. The maximum Gasteiger partial charge on any atom is 0.168 e. The molecule has 21 heavy (non-hydrogen) atoms. The average molecular weight is 333 g/mol. The Bertz CT molecular complexity index is 306. The van der Waals surface area contributed by atoms with Crippen molar-refractivity contribution in [2.45, 2.75) is 65.5 Å². The molecule has 0 aromatic rings. The Morgan fingerprint density at radius 2 is 1.43 bits per heavy atom. The van der Waals surface area contributed by atoms with Crippen molar-refractivity contribution >= 4 is 34.7 Å². The van der Waals surface area contributed by atoms with E-state index in [0.29, 0.717) is 12.1 Å². The predicted molar refractivity (Wildman–Crippen MR) is 101 cm³/mol. The Morgan fingerprint density at radius 1 is 0.905 bits per heavy atom. The molecule has 0 aliphatic rings. The van der Waals surface area contributed by atoms with Gasteiger partial charge >= 0.3 is 0 Å². The van der Waals surface area contributed by atoms with Crippen molar-refractivity contribution in [3.63, 3.8) is 0 Å². The van der Waals surface area contributed by atoms with E-state index in [0.717, 1.165) is 36.2 Å². The lowest BCUT2D eigenvalue weighted by Crippen LogP contribution is -2.41. The fourth-order valence-electron chi connectivity index (χ4n) is 1.67. The zero-order chi connectivity index (χ0) is 16.3. The predicted octanol–water partition coefficient (Wildman–Crippen LogP) is 2.63. The molecule has 0 radical (unpaired) electrons. The maximum absolute atomic E-state index is 5.32. The van der Waals surface area contributed by atoms with Gasteiger partial charge in [-0.3, -0.25) is 0 Å². The molecule has 4 nitrogen and oxygen atoms in total. The number of unbranched alkanes of at least 4 members (excludes halogenated alkanes) is 3. The minimum absolute atomic E-state index is 0.392. The van der Waals surface area contributed by atoms with Gasteiger partial charge in [-0.05, 0) is 65.0 Å². The second-order valence-corrected chi connectivity index (χ2v) is 6.70. The van der Waals surface area contributed by atoms with Crippen molar-refractivity contribution in [1.82, 2.24) is 20.9 Å². The summed E-state index contributed by atoms with van der Waals surface area (Å²) in [6.45, 7) is 10.3. The van der Waals surface area contributed by atoms with Crippen LogP contribution >= 0.6 is 24.4 Å². The van der Waals surface area contributed by atoms with Crippen LogP contribution in [0.2, 0.25) is 0 Å². The van der Waals surface area contributed by atoms with E-state index in [9.17, 15) is 0 Å². The third-order valence-electron chi connectivity index (χ3n) is 3.18. The maximum atomic E-state index is 5.32. The highest BCUT2D eigenvalue weighted by molar-refractivity contribution is 7.80. The van der Waals surface area contributed by atoms with Crippen LogP contribution in [0.1, 0.15) is 53.4 Å². The normalized spacial score (nSPS) is 10.6. The first-order valence-corrected chi connectivity index (χ1v) is 8.71. The number of hydrogen-bond acceptors (Lipinski definition) is 2. The van der Waals surface area contributed by atoms with Crippen LogP contribution in [-0.2, 0) is 0 Å². The van der Waals surface area contributed by atoms with Crippen molar-refractivity contribution in [2.75, 3.05) is 20.1 Å². The summed E-state index contributed by atoms with van der Waals surface area (Å²) in [4.78, 5) is 2.09. The van der Waals surface area contributed by atoms with Gasteiger partial charge in [0.1, 0.15) is 0 Å². The first kappa shape index (κ1) is 20.4. The van der Waals surface area contributed by atoms with Crippen LogP contribution in [-0.4, -0.2) is 47.3 Å². The second kappa shape index (κ2) is 12.0. The Hall–Kier alpha value is -0.620. The van der Waals surface area contributed by atoms with Crippen LogP contribution < -0.4 is 16.0 Å². The van der Waals surface area contributed by atoms with E-state index in [1.807, 2.05) is 7.05 Å². The van der Waals surface area contributed by atoms with Crippen LogP contribution in [0.5, 0.6) is 0 Å². The van der Waals surface area contributed by atoms with Gasteiger partial charge in [-0.2, -0.15) is 0 Å². The Labute approximate surface area is 141 Å². The zero-order valence-electron chi connectivity index (χ0n) is 14.2. The monoisotopic (exact) mass is 332 g/mol. The van der Waals surface area contributed by atoms with Crippen molar-refractivity contribution < 1.29 is 0 Å². The van der Waals surface area contributed by atoms with Gasteiger partial charge in [-0.1, -0.05) is 12.8 Å². The van der Waals surface area contributed by atoms with Crippen LogP contribution in [0.3, 0.4) is 0 Å². The number of rotatable bonds is 9. The summed E-state index contributed by atoms with van der Waals surface area (Å²) in [5.74, 6) is 0. The van der Waals surface area contributed by atoms with E-state index in [1.165, 1.54) is 12.8 Å². The molecule has 0 aromatic carbocycles. The van der Waals surface area contributed by atoms with Crippen LogP contribution in [0.25, 0.3) is 0 Å². The number of nitrogens with zero attached hydrogens (tertiary/aromatic N) is 1. The average Bonchev–Trinajstić information content (AvgIpc) is 2.39. The molecule has 0 heterocycles. The summed E-state index contributed by atoms with van der Waals surface area (Å²) in [5, 5.41) is 11.3. The first-order chi connectivity index (χ1) is 9.84. The molecule has 0 aliphatic carbocycles. The van der Waals surface area contributed by atoms with E-state index in [2.05, 4.69) is 48.5 Å². The fraction of sp³-hybridized carbons (Fsp3) is 0.867. The quantitative estimate of drug-likeness (QED) is 0.445. The SMILES string of the molecule is CC(C)NC(=S)NCCCCCCNC(=S)N(C)C(C)C. The molecule has 0 fully saturated rings. The van der Waals surface area contributed by atoms with Gasteiger partial charge in [0.2, 0.25) is 0 Å². The van der Waals surface area contributed by atoms with Crippen molar-refractivity contribution in [3.8, 4) is 0 Å². The minimum Gasteiger partial charge on any atom is -0.363 e. The molecule has 0 amide bonds. The molecule has 0 saturated carbocycles. The van der Waals surface area contributed by atoms with E-state index in [-0.39, 0.29) is 0 Å². The Morgan fingerprint density at radius 3 is 1.90 bits per heavy atom. The third-order valence-corrected chi connectivity index (χ3v) is 3.87. The lowest BCUT2D eigenvalue weighted by molar-refractivity contribution is 0.409. The Balaban J connectivity index is 3.41. The molecule has 0 bridgehead atoms. The highest BCUT2D eigenvalue weighted by Gasteiger charge is 2.06. The Kier molecular flexibility index (Phi) is 11.6. The molecule has 3 N–H and O–H groups in total.